The van der Waals surface area contributed by atoms with Crippen LogP contribution >= 0.6 is 0 Å². The highest BCUT2D eigenvalue weighted by Gasteiger charge is 2.56. The third-order valence-corrected chi connectivity index (χ3v) is 4.13. The number of aryl methyl sites for hydroxylation is 2. The maximum absolute atomic E-state index is 12.9. The maximum atomic E-state index is 12.9. The van der Waals surface area contributed by atoms with Crippen LogP contribution in [0.1, 0.15) is 24.5 Å². The number of rotatable bonds is 2. The fourth-order valence-corrected chi connectivity index (χ4v) is 2.82. The summed E-state index contributed by atoms with van der Waals surface area (Å²) < 4.78 is 38.6. The van der Waals surface area contributed by atoms with E-state index in [4.69, 9.17) is 0 Å². The molecular formula is C15H20F3NO. The van der Waals surface area contributed by atoms with Gasteiger partial charge in [0.2, 0.25) is 0 Å². The van der Waals surface area contributed by atoms with Crippen molar-refractivity contribution in [1.29, 1.82) is 0 Å². The first-order valence-electron chi connectivity index (χ1n) is 6.73. The molecule has 0 aliphatic carbocycles. The second kappa shape index (κ2) is 4.95. The van der Waals surface area contributed by atoms with Crippen molar-refractivity contribution in [2.45, 2.75) is 39.0 Å². The Labute approximate surface area is 117 Å². The van der Waals surface area contributed by atoms with Crippen LogP contribution in [0.4, 0.5) is 18.9 Å². The van der Waals surface area contributed by atoms with Crippen LogP contribution < -0.4 is 4.90 Å². The summed E-state index contributed by atoms with van der Waals surface area (Å²) in [4.78, 5) is 1.92. The Morgan fingerprint density at radius 1 is 1.15 bits per heavy atom. The van der Waals surface area contributed by atoms with Crippen LogP contribution in [0.15, 0.2) is 18.2 Å². The molecule has 0 radical (unpaired) electrons. The SMILES string of the molecule is Cc1cc(C)cc(N2CCC(C(C)(O)C(F)(F)F)C2)c1. The summed E-state index contributed by atoms with van der Waals surface area (Å²) in [6.45, 7) is 5.59. The maximum Gasteiger partial charge on any atom is 0.417 e. The molecule has 0 amide bonds. The zero-order chi connectivity index (χ0) is 15.1. The highest BCUT2D eigenvalue weighted by molar-refractivity contribution is 5.51. The van der Waals surface area contributed by atoms with E-state index < -0.39 is 17.7 Å². The fraction of sp³-hybridized carbons (Fsp3) is 0.600. The van der Waals surface area contributed by atoms with Crippen molar-refractivity contribution in [3.8, 4) is 0 Å². The minimum atomic E-state index is -4.59. The van der Waals surface area contributed by atoms with E-state index in [0.29, 0.717) is 13.0 Å². The number of alkyl halides is 3. The summed E-state index contributed by atoms with van der Waals surface area (Å²) in [6.07, 6.45) is -4.24. The number of aliphatic hydroxyl groups is 1. The number of hydrogen-bond donors (Lipinski definition) is 1. The molecule has 2 nitrogen and oxygen atoms in total. The van der Waals surface area contributed by atoms with Gasteiger partial charge < -0.3 is 10.0 Å². The quantitative estimate of drug-likeness (QED) is 0.900. The lowest BCUT2D eigenvalue weighted by molar-refractivity contribution is -0.269. The fourth-order valence-electron chi connectivity index (χ4n) is 2.82. The van der Waals surface area contributed by atoms with Crippen LogP contribution in [0.2, 0.25) is 0 Å². The third kappa shape index (κ3) is 2.77. The molecule has 1 aromatic rings. The van der Waals surface area contributed by atoms with Gasteiger partial charge in [-0.15, -0.1) is 0 Å². The summed E-state index contributed by atoms with van der Waals surface area (Å²) in [5, 5.41) is 9.77. The van der Waals surface area contributed by atoms with Gasteiger partial charge in [-0.2, -0.15) is 13.2 Å². The molecule has 0 spiro atoms. The molecule has 1 heterocycles. The molecule has 20 heavy (non-hydrogen) atoms. The first-order chi connectivity index (χ1) is 9.11. The molecule has 2 rings (SSSR count). The van der Waals surface area contributed by atoms with Crippen molar-refractivity contribution in [2.75, 3.05) is 18.0 Å². The molecule has 1 saturated heterocycles. The normalized spacial score (nSPS) is 22.9. The summed E-state index contributed by atoms with van der Waals surface area (Å²) >= 11 is 0. The highest BCUT2D eigenvalue weighted by atomic mass is 19.4. The second-order valence-corrected chi connectivity index (χ2v) is 5.92. The van der Waals surface area contributed by atoms with Gasteiger partial charge in [-0.1, -0.05) is 6.07 Å². The predicted octanol–water partition coefficient (Wildman–Crippen LogP) is 3.44. The van der Waals surface area contributed by atoms with Crippen LogP contribution in [-0.2, 0) is 0 Å². The molecule has 0 aromatic heterocycles. The second-order valence-electron chi connectivity index (χ2n) is 5.92. The van der Waals surface area contributed by atoms with Crippen LogP contribution in [-0.4, -0.2) is 30.0 Å². The van der Waals surface area contributed by atoms with Gasteiger partial charge >= 0.3 is 6.18 Å². The minimum absolute atomic E-state index is 0.232. The number of hydrogen-bond acceptors (Lipinski definition) is 2. The lowest BCUT2D eigenvalue weighted by Gasteiger charge is -2.32. The standard InChI is InChI=1S/C15H20F3NO/c1-10-6-11(2)8-13(7-10)19-5-4-12(9-19)14(3,20)15(16,17)18/h6-8,12,20H,4-5,9H2,1-3H3. The molecule has 2 unspecified atom stereocenters. The number of benzene rings is 1. The Kier molecular flexibility index (Phi) is 3.75. The van der Waals surface area contributed by atoms with E-state index in [1.807, 2.05) is 36.9 Å². The topological polar surface area (TPSA) is 23.5 Å². The number of nitrogens with zero attached hydrogens (tertiary/aromatic N) is 1. The van der Waals surface area contributed by atoms with Gasteiger partial charge in [0.15, 0.2) is 5.60 Å². The molecule has 2 atom stereocenters. The average Bonchev–Trinajstić information content (AvgIpc) is 2.75. The average molecular weight is 287 g/mol. The van der Waals surface area contributed by atoms with Gasteiger partial charge in [-0.3, -0.25) is 0 Å². The Morgan fingerprint density at radius 3 is 2.20 bits per heavy atom. The van der Waals surface area contributed by atoms with Crippen molar-refractivity contribution >= 4 is 5.69 Å². The van der Waals surface area contributed by atoms with E-state index >= 15 is 0 Å². The van der Waals surface area contributed by atoms with Crippen LogP contribution in [0.5, 0.6) is 0 Å². The molecule has 112 valence electrons. The Morgan fingerprint density at radius 2 is 1.70 bits per heavy atom. The molecule has 1 fully saturated rings. The lowest BCUT2D eigenvalue weighted by atomic mass is 9.88. The Balaban J connectivity index is 2.17. The first-order valence-corrected chi connectivity index (χ1v) is 6.73. The van der Waals surface area contributed by atoms with Gasteiger partial charge in [0.25, 0.3) is 0 Å². The van der Waals surface area contributed by atoms with E-state index in [1.165, 1.54) is 0 Å². The van der Waals surface area contributed by atoms with Gasteiger partial charge in [0.05, 0.1) is 0 Å². The summed E-state index contributed by atoms with van der Waals surface area (Å²) in [5.74, 6) is -0.789. The van der Waals surface area contributed by atoms with Crippen molar-refractivity contribution in [2.24, 2.45) is 5.92 Å². The van der Waals surface area contributed by atoms with E-state index in [0.717, 1.165) is 23.7 Å². The monoisotopic (exact) mass is 287 g/mol. The van der Waals surface area contributed by atoms with Crippen LogP contribution in [0, 0.1) is 19.8 Å². The van der Waals surface area contributed by atoms with Crippen molar-refractivity contribution < 1.29 is 18.3 Å². The number of anilines is 1. The summed E-state index contributed by atoms with van der Waals surface area (Å²) in [5.41, 5.74) is 0.487. The molecule has 1 aliphatic rings. The number of halogens is 3. The predicted molar refractivity (Wildman–Crippen MR) is 72.9 cm³/mol. The first kappa shape index (κ1) is 15.2. The minimum Gasteiger partial charge on any atom is -0.380 e. The van der Waals surface area contributed by atoms with Crippen LogP contribution in [0.3, 0.4) is 0 Å². The largest absolute Gasteiger partial charge is 0.417 e. The Bertz CT molecular complexity index is 476. The molecule has 0 saturated carbocycles. The summed E-state index contributed by atoms with van der Waals surface area (Å²) in [6, 6.07) is 5.97. The highest BCUT2D eigenvalue weighted by Crippen LogP contribution is 2.41. The lowest BCUT2D eigenvalue weighted by Crippen LogP contribution is -2.49. The van der Waals surface area contributed by atoms with Crippen LogP contribution in [0.25, 0.3) is 0 Å². The van der Waals surface area contributed by atoms with Gasteiger partial charge in [0.1, 0.15) is 0 Å². The zero-order valence-electron chi connectivity index (χ0n) is 12.0. The van der Waals surface area contributed by atoms with E-state index in [2.05, 4.69) is 0 Å². The van der Waals surface area contributed by atoms with E-state index in [1.54, 1.807) is 0 Å². The van der Waals surface area contributed by atoms with E-state index in [9.17, 15) is 18.3 Å². The van der Waals surface area contributed by atoms with Crippen molar-refractivity contribution in [3.63, 3.8) is 0 Å². The molecule has 1 N–H and O–H groups in total. The van der Waals surface area contributed by atoms with Crippen molar-refractivity contribution in [1.82, 2.24) is 0 Å². The molecule has 0 bridgehead atoms. The summed E-state index contributed by atoms with van der Waals surface area (Å²) in [7, 11) is 0. The smallest absolute Gasteiger partial charge is 0.380 e. The Hall–Kier alpha value is -1.23. The molecular weight excluding hydrogens is 267 g/mol. The van der Waals surface area contributed by atoms with Gasteiger partial charge in [0, 0.05) is 24.7 Å². The molecule has 1 aromatic carbocycles. The van der Waals surface area contributed by atoms with E-state index in [-0.39, 0.29) is 6.54 Å². The molecule has 5 heteroatoms. The zero-order valence-corrected chi connectivity index (χ0v) is 12.0. The van der Waals surface area contributed by atoms with Crippen molar-refractivity contribution in [3.05, 3.63) is 29.3 Å². The third-order valence-electron chi connectivity index (χ3n) is 4.13. The van der Waals surface area contributed by atoms with Gasteiger partial charge in [-0.05, 0) is 50.5 Å². The van der Waals surface area contributed by atoms with Gasteiger partial charge in [-0.25, -0.2) is 0 Å². The molecule has 1 aliphatic heterocycles.